The molecule has 338 valence electrons. The number of unbranched alkanes of at least 4 members (excludes halogenated alkanes) is 23. The maximum atomic E-state index is 12.4. The highest BCUT2D eigenvalue weighted by Gasteiger charge is 2.17. The first kappa shape index (κ1) is 56.3. The van der Waals surface area contributed by atoms with Crippen LogP contribution in [0.15, 0.2) is 97.2 Å². The van der Waals surface area contributed by atoms with Gasteiger partial charge in [-0.3, -0.25) is 4.79 Å². The minimum atomic E-state index is -0.870. The Hall–Kier alpha value is -2.69. The van der Waals surface area contributed by atoms with Crippen LogP contribution in [0.3, 0.4) is 0 Å². The van der Waals surface area contributed by atoms with Gasteiger partial charge in [-0.2, -0.15) is 0 Å². The molecule has 0 saturated carbocycles. The highest BCUT2D eigenvalue weighted by atomic mass is 16.3. The molecule has 0 aliphatic heterocycles. The Morgan fingerprint density at radius 3 is 1.12 bits per heavy atom. The highest BCUT2D eigenvalue weighted by molar-refractivity contribution is 5.76. The molecule has 0 fully saturated rings. The summed E-state index contributed by atoms with van der Waals surface area (Å²) in [6, 6.07) is -0.646. The largest absolute Gasteiger partial charge is 0.394 e. The second kappa shape index (κ2) is 49.7. The van der Waals surface area contributed by atoms with Gasteiger partial charge in [0, 0.05) is 6.42 Å². The molecule has 0 aromatic rings. The third kappa shape index (κ3) is 46.2. The van der Waals surface area contributed by atoms with E-state index in [1.54, 1.807) is 6.08 Å². The van der Waals surface area contributed by atoms with Crippen molar-refractivity contribution in [2.24, 2.45) is 0 Å². The second-order valence-electron chi connectivity index (χ2n) is 16.5. The molecule has 59 heavy (non-hydrogen) atoms. The highest BCUT2D eigenvalue weighted by Crippen LogP contribution is 2.16. The molecule has 0 heterocycles. The van der Waals surface area contributed by atoms with E-state index in [0.29, 0.717) is 6.42 Å². The zero-order valence-corrected chi connectivity index (χ0v) is 38.7. The number of hydrogen-bond donors (Lipinski definition) is 3. The van der Waals surface area contributed by atoms with E-state index >= 15 is 0 Å². The van der Waals surface area contributed by atoms with Crippen molar-refractivity contribution >= 4 is 5.91 Å². The Morgan fingerprint density at radius 1 is 0.407 bits per heavy atom. The van der Waals surface area contributed by atoms with Crippen LogP contribution in [0.4, 0.5) is 0 Å². The van der Waals surface area contributed by atoms with E-state index in [1.165, 1.54) is 128 Å². The molecule has 0 aromatic heterocycles. The van der Waals surface area contributed by atoms with Crippen LogP contribution in [0.5, 0.6) is 0 Å². The number of nitrogens with one attached hydrogen (secondary N) is 1. The molecule has 2 atom stereocenters. The number of amides is 1. The molecular weight excluding hydrogens is 723 g/mol. The summed E-state index contributed by atoms with van der Waals surface area (Å²) in [5, 5.41) is 22.9. The van der Waals surface area contributed by atoms with Crippen molar-refractivity contribution in [3.05, 3.63) is 97.2 Å². The Morgan fingerprint density at radius 2 is 0.712 bits per heavy atom. The van der Waals surface area contributed by atoms with Crippen molar-refractivity contribution in [3.63, 3.8) is 0 Å². The van der Waals surface area contributed by atoms with E-state index in [2.05, 4.69) is 104 Å². The van der Waals surface area contributed by atoms with Crippen LogP contribution in [0, 0.1) is 0 Å². The molecule has 4 heteroatoms. The van der Waals surface area contributed by atoms with Crippen LogP contribution in [-0.4, -0.2) is 34.9 Å². The summed E-state index contributed by atoms with van der Waals surface area (Å²) in [6.45, 7) is 4.05. The molecule has 0 aliphatic carbocycles. The lowest BCUT2D eigenvalue weighted by atomic mass is 10.0. The van der Waals surface area contributed by atoms with Gasteiger partial charge in [-0.1, -0.05) is 233 Å². The van der Waals surface area contributed by atoms with Crippen molar-refractivity contribution in [3.8, 4) is 0 Å². The minimum absolute atomic E-state index is 0.0814. The predicted molar refractivity (Wildman–Crippen MR) is 262 cm³/mol. The Bertz CT molecular complexity index is 1110. The van der Waals surface area contributed by atoms with Crippen molar-refractivity contribution in [1.82, 2.24) is 5.32 Å². The van der Waals surface area contributed by atoms with Crippen molar-refractivity contribution < 1.29 is 15.0 Å². The maximum Gasteiger partial charge on any atom is 0.220 e. The lowest BCUT2D eigenvalue weighted by molar-refractivity contribution is -0.123. The fourth-order valence-electron chi connectivity index (χ4n) is 7.07. The fourth-order valence-corrected chi connectivity index (χ4v) is 7.07. The summed E-state index contributed by atoms with van der Waals surface area (Å²) in [5.74, 6) is -0.0814. The van der Waals surface area contributed by atoms with Crippen LogP contribution in [0.1, 0.15) is 226 Å². The molecule has 0 rings (SSSR count). The number of hydrogen-bond acceptors (Lipinski definition) is 3. The number of rotatable bonds is 44. The monoisotopic (exact) mass is 818 g/mol. The Balaban J connectivity index is 3.45. The first-order chi connectivity index (χ1) is 29.2. The molecule has 0 spiro atoms. The lowest BCUT2D eigenvalue weighted by Crippen LogP contribution is -2.45. The summed E-state index contributed by atoms with van der Waals surface area (Å²) in [6.07, 6.45) is 74.3. The number of allylic oxidation sites excluding steroid dienone is 15. The van der Waals surface area contributed by atoms with Gasteiger partial charge in [-0.25, -0.2) is 0 Å². The van der Waals surface area contributed by atoms with Crippen molar-refractivity contribution in [2.45, 2.75) is 238 Å². The summed E-state index contributed by atoms with van der Waals surface area (Å²) in [4.78, 5) is 12.4. The zero-order chi connectivity index (χ0) is 42.8. The average molecular weight is 818 g/mol. The molecule has 0 saturated heterocycles. The van der Waals surface area contributed by atoms with Crippen LogP contribution in [0.25, 0.3) is 0 Å². The van der Waals surface area contributed by atoms with Gasteiger partial charge in [0.05, 0.1) is 18.8 Å². The van der Waals surface area contributed by atoms with Crippen LogP contribution in [-0.2, 0) is 4.79 Å². The van der Waals surface area contributed by atoms with E-state index in [1.807, 2.05) is 6.08 Å². The molecule has 3 N–H and O–H groups in total. The zero-order valence-electron chi connectivity index (χ0n) is 38.7. The Kier molecular flexibility index (Phi) is 47.4. The maximum absolute atomic E-state index is 12.4. The smallest absolute Gasteiger partial charge is 0.220 e. The van der Waals surface area contributed by atoms with E-state index < -0.39 is 12.1 Å². The quantitative estimate of drug-likeness (QED) is 0.0424. The first-order valence-electron chi connectivity index (χ1n) is 25.0. The summed E-state index contributed by atoms with van der Waals surface area (Å²) >= 11 is 0. The van der Waals surface area contributed by atoms with Crippen LogP contribution < -0.4 is 5.32 Å². The average Bonchev–Trinajstić information content (AvgIpc) is 3.24. The molecular formula is C55H95NO3. The fraction of sp³-hybridized carbons (Fsp3) is 0.691. The second-order valence-corrected chi connectivity index (χ2v) is 16.5. The van der Waals surface area contributed by atoms with Gasteiger partial charge in [-0.15, -0.1) is 0 Å². The van der Waals surface area contributed by atoms with Crippen molar-refractivity contribution in [2.75, 3.05) is 6.61 Å². The third-order valence-electron chi connectivity index (χ3n) is 10.8. The van der Waals surface area contributed by atoms with Gasteiger partial charge in [0.1, 0.15) is 0 Å². The van der Waals surface area contributed by atoms with Gasteiger partial charge >= 0.3 is 0 Å². The minimum Gasteiger partial charge on any atom is -0.394 e. The topological polar surface area (TPSA) is 69.6 Å². The van der Waals surface area contributed by atoms with Crippen LogP contribution in [0.2, 0.25) is 0 Å². The predicted octanol–water partition coefficient (Wildman–Crippen LogP) is 16.2. The molecule has 0 aromatic carbocycles. The van der Waals surface area contributed by atoms with E-state index in [0.717, 1.165) is 77.0 Å². The third-order valence-corrected chi connectivity index (χ3v) is 10.8. The first-order valence-corrected chi connectivity index (χ1v) is 25.0. The molecule has 0 radical (unpaired) electrons. The molecule has 1 amide bonds. The lowest BCUT2D eigenvalue weighted by Gasteiger charge is -2.19. The van der Waals surface area contributed by atoms with Gasteiger partial charge in [-0.05, 0) is 83.5 Å². The number of aliphatic hydroxyl groups excluding tert-OH is 2. The van der Waals surface area contributed by atoms with E-state index in [9.17, 15) is 15.0 Å². The van der Waals surface area contributed by atoms with E-state index in [-0.39, 0.29) is 12.5 Å². The van der Waals surface area contributed by atoms with Crippen LogP contribution >= 0.6 is 0 Å². The summed E-state index contributed by atoms with van der Waals surface area (Å²) < 4.78 is 0. The van der Waals surface area contributed by atoms with Gasteiger partial charge < -0.3 is 15.5 Å². The number of carbonyl (C=O) groups is 1. The summed E-state index contributed by atoms with van der Waals surface area (Å²) in [7, 11) is 0. The molecule has 2 unspecified atom stereocenters. The van der Waals surface area contributed by atoms with Gasteiger partial charge in [0.25, 0.3) is 0 Å². The standard InChI is InChI=1S/C55H95NO3/c1-3-5-7-9-11-13-15-16-17-18-19-20-21-22-23-24-25-26-27-28-29-30-31-32-33-34-35-36-37-38-39-40-41-43-45-47-49-51-55(59)56-53(52-57)54(58)50-48-46-44-42-14-12-10-8-6-4-2/h5-8,11,13-14,16-17,19-20,22-23,42,48,50,53-54,57-58H,3-4,9-10,12,15,18,21,24-41,43-47,49,51-52H2,1-2H3,(H,56,59)/b7-5-,8-6+,13-11-,17-16-,20-19-,23-22-,42-14+,50-48+. The SMILES string of the molecule is CC/C=C\C/C=C\C/C=C\C/C=C\C/C=C\CCCCCCCCCCCCCCCCCCCCCCCC(=O)NC(CO)C(O)/C=C/CC/C=C/CC/C=C/CC. The number of carbonyl (C=O) groups excluding carboxylic acids is 1. The normalized spacial score (nSPS) is 13.8. The Labute approximate surface area is 366 Å². The van der Waals surface area contributed by atoms with Gasteiger partial charge in [0.2, 0.25) is 5.91 Å². The molecule has 0 bridgehead atoms. The molecule has 0 aliphatic rings. The van der Waals surface area contributed by atoms with E-state index in [4.69, 9.17) is 0 Å². The number of aliphatic hydroxyl groups is 2. The van der Waals surface area contributed by atoms with Crippen molar-refractivity contribution in [1.29, 1.82) is 0 Å². The van der Waals surface area contributed by atoms with Gasteiger partial charge in [0.15, 0.2) is 0 Å². The summed E-state index contributed by atoms with van der Waals surface area (Å²) in [5.41, 5.74) is 0. The molecule has 4 nitrogen and oxygen atoms in total.